The van der Waals surface area contributed by atoms with Gasteiger partial charge in [0.15, 0.2) is 17.1 Å². The van der Waals surface area contributed by atoms with Crippen molar-refractivity contribution in [3.05, 3.63) is 135 Å². The fraction of sp³-hybridized carbons (Fsp3) is 0.317. The minimum absolute atomic E-state index is 0.0407. The minimum atomic E-state index is -4.76. The molecule has 5 aromatic rings. The van der Waals surface area contributed by atoms with E-state index < -0.39 is 166 Å². The molecule has 0 unspecified atom stereocenters. The van der Waals surface area contributed by atoms with Gasteiger partial charge in [0.1, 0.15) is 6.54 Å². The van der Waals surface area contributed by atoms with Gasteiger partial charge in [-0.2, -0.15) is 13.2 Å². The second-order valence-electron chi connectivity index (χ2n) is 11.0. The van der Waals surface area contributed by atoms with E-state index in [-0.39, 0.29) is 28.5 Å². The summed E-state index contributed by atoms with van der Waals surface area (Å²) in [5.41, 5.74) is -9.08. The van der Waals surface area contributed by atoms with Gasteiger partial charge in [0.05, 0.1) is 36.4 Å². The molecule has 1 fully saturated rings. The number of benzene rings is 4. The number of carbonyl (C=O) groups excluding carboxylic acids is 1. The summed E-state index contributed by atoms with van der Waals surface area (Å²) in [5, 5.41) is -2.07. The summed E-state index contributed by atoms with van der Waals surface area (Å²) < 4.78 is 269. The number of methoxy groups -OCH3 is 1. The zero-order valence-electron chi connectivity index (χ0n) is 49.1. The molecule has 0 aliphatic carbocycles. The highest BCUT2D eigenvalue weighted by molar-refractivity contribution is 7.98. The van der Waals surface area contributed by atoms with E-state index in [9.17, 15) is 32.0 Å². The second-order valence-corrected chi connectivity index (χ2v) is 11.8. The molecular formula is C41H40F5N3O3S. The van der Waals surface area contributed by atoms with Gasteiger partial charge in [-0.05, 0) is 66.6 Å². The molecule has 53 heavy (non-hydrogen) atoms. The quantitative estimate of drug-likeness (QED) is 0.0939. The maximum Gasteiger partial charge on any atom is 0.416 e. The molecule has 6 rings (SSSR count). The molecule has 1 aliphatic heterocycles. The van der Waals surface area contributed by atoms with Gasteiger partial charge in [0.2, 0.25) is 5.91 Å². The lowest BCUT2D eigenvalue weighted by Gasteiger charge is -2.39. The van der Waals surface area contributed by atoms with Gasteiger partial charge >= 0.3 is 6.18 Å². The van der Waals surface area contributed by atoms with E-state index in [0.717, 1.165) is 55.5 Å². The Kier molecular flexibility index (Phi) is 6.03. The predicted molar refractivity (Wildman–Crippen MR) is 198 cm³/mol. The van der Waals surface area contributed by atoms with Crippen LogP contribution < -0.4 is 5.43 Å². The zero-order chi connectivity index (χ0) is 57.2. The number of alkyl halides is 3. The number of hydrogen-bond acceptors (Lipinski definition) is 5. The summed E-state index contributed by atoms with van der Waals surface area (Å²) in [7, 11) is -3.48. The van der Waals surface area contributed by atoms with Crippen LogP contribution in [0.5, 0.6) is 0 Å². The molecule has 12 heteroatoms. The van der Waals surface area contributed by atoms with Crippen LogP contribution >= 0.6 is 11.8 Å². The van der Waals surface area contributed by atoms with Crippen molar-refractivity contribution in [1.29, 1.82) is 0 Å². The van der Waals surface area contributed by atoms with E-state index in [1.807, 2.05) is 0 Å². The monoisotopic (exact) mass is 771 g/mol. The van der Waals surface area contributed by atoms with E-state index in [1.165, 1.54) is 0 Å². The number of hydrogen-bond donors (Lipinski definition) is 0. The van der Waals surface area contributed by atoms with Gasteiger partial charge in [-0.1, -0.05) is 60.1 Å². The smallest absolute Gasteiger partial charge is 0.383 e. The fourth-order valence-electron chi connectivity index (χ4n) is 4.84. The number of likely N-dealkylation sites (tertiary alicyclic amines) is 1. The van der Waals surface area contributed by atoms with Crippen LogP contribution in [0.15, 0.2) is 101 Å². The van der Waals surface area contributed by atoms with E-state index in [0.29, 0.717) is 22.8 Å². The molecule has 6 nitrogen and oxygen atoms in total. The molecule has 0 spiro atoms. The molecule has 1 aliphatic rings. The lowest BCUT2D eigenvalue weighted by atomic mass is 10.00. The van der Waals surface area contributed by atoms with Crippen molar-refractivity contribution < 1.29 is 61.6 Å². The zero-order valence-corrected chi connectivity index (χ0v) is 27.9. The number of piperidine rings is 1. The van der Waals surface area contributed by atoms with Crippen LogP contribution in [0.25, 0.3) is 22.0 Å². The van der Waals surface area contributed by atoms with Crippen molar-refractivity contribution in [1.82, 2.24) is 14.4 Å². The first-order valence-electron chi connectivity index (χ1n) is 26.2. The average molecular weight is 772 g/mol. The summed E-state index contributed by atoms with van der Waals surface area (Å²) in [6.07, 6.45) is -14.1. The Morgan fingerprint density at radius 2 is 1.75 bits per heavy atom. The number of aromatic nitrogens is 1. The molecule has 0 atom stereocenters. The first-order chi connectivity index (χ1) is 33.9. The van der Waals surface area contributed by atoms with E-state index in [4.69, 9.17) is 20.6 Å². The number of halogens is 5. The van der Waals surface area contributed by atoms with Gasteiger partial charge < -0.3 is 19.1 Å². The van der Waals surface area contributed by atoms with Crippen molar-refractivity contribution in [2.75, 3.05) is 33.1 Å². The van der Waals surface area contributed by atoms with E-state index in [1.54, 1.807) is 0 Å². The highest BCUT2D eigenvalue weighted by atomic mass is 32.2. The Balaban J connectivity index is 1.69. The number of nitrogens with zero attached hydrogens (tertiary/aromatic N) is 3. The van der Waals surface area contributed by atoms with Gasteiger partial charge in [0, 0.05) is 78.2 Å². The molecule has 1 aromatic heterocycles. The fourth-order valence-corrected chi connectivity index (χ4v) is 5.61. The lowest BCUT2D eigenvalue weighted by Crippen LogP contribution is -2.48. The first kappa shape index (κ1) is 19.2. The third kappa shape index (κ3) is 9.17. The van der Waals surface area contributed by atoms with Crippen molar-refractivity contribution >= 4 is 28.6 Å². The summed E-state index contributed by atoms with van der Waals surface area (Å²) >= 11 is -0.315. The Bertz CT molecular complexity index is 3110. The molecule has 1 amide bonds. The number of carbonyl (C=O) groups is 1. The predicted octanol–water partition coefficient (Wildman–Crippen LogP) is 8.71. The Morgan fingerprint density at radius 3 is 2.43 bits per heavy atom. The summed E-state index contributed by atoms with van der Waals surface area (Å²) in [5.74, 6) is -5.57. The average Bonchev–Trinajstić information content (AvgIpc) is 3.28. The van der Waals surface area contributed by atoms with Crippen LogP contribution in [0.2, 0.25) is 0 Å². The Morgan fingerprint density at radius 1 is 1.06 bits per heavy atom. The molecule has 4 aromatic carbocycles. The van der Waals surface area contributed by atoms with Crippen LogP contribution in [-0.2, 0) is 34.5 Å². The maximum atomic E-state index is 15.6. The van der Waals surface area contributed by atoms with Crippen molar-refractivity contribution in [3.8, 4) is 11.1 Å². The van der Waals surface area contributed by atoms with Gasteiger partial charge in [-0.3, -0.25) is 9.59 Å². The Hall–Kier alpha value is -4.52. The maximum absolute atomic E-state index is 15.6. The number of amides is 1. The Labute approximate surface area is 340 Å². The van der Waals surface area contributed by atoms with Crippen LogP contribution in [-0.4, -0.2) is 59.4 Å². The SMILES string of the molecule is [2H]c1c(C)c([2H])c2c(=O)c([2H])c(SC([2H])([2H])c3cccc(F)c3F)n(CC(=O)N(C([2H])([2H])c3ccc(-c4ccc(C(F)(F)F)cc4)cc3)C3([2H])C([2H])([2H])C([2H])([2H])N(C([2H])([2H])COC([2H])([2H])[2H])C([2H])([2H])C3([2H])[2H])c2c1[2H]. The summed E-state index contributed by atoms with van der Waals surface area (Å²) in [4.78, 5) is 28.2. The van der Waals surface area contributed by atoms with Crippen LogP contribution in [0.4, 0.5) is 22.0 Å². The molecule has 0 radical (unpaired) electrons. The number of thioether (sulfide) groups is 1. The molecule has 278 valence electrons. The molecule has 1 saturated heterocycles. The highest BCUT2D eigenvalue weighted by Gasteiger charge is 2.31. The number of ether oxygens (including phenoxy) is 1. The van der Waals surface area contributed by atoms with Crippen LogP contribution in [0.1, 0.15) is 65.2 Å². The van der Waals surface area contributed by atoms with Crippen molar-refractivity contribution in [2.45, 2.75) is 55.6 Å². The van der Waals surface area contributed by atoms with E-state index in [2.05, 4.69) is 4.74 Å². The molecule has 0 bridgehead atoms. The molecule has 2 heterocycles. The summed E-state index contributed by atoms with van der Waals surface area (Å²) in [6.45, 7) is -19.5. The molecule has 0 saturated carbocycles. The number of fused-ring (bicyclic) bond motifs is 1. The largest absolute Gasteiger partial charge is 0.416 e. The first-order valence-corrected chi connectivity index (χ1v) is 16.0. The van der Waals surface area contributed by atoms with Crippen LogP contribution in [0, 0.1) is 18.6 Å². The van der Waals surface area contributed by atoms with Gasteiger partial charge in [-0.15, -0.1) is 11.8 Å². The molecule has 0 N–H and O–H groups in total. The number of pyridine rings is 1. The third-order valence-electron chi connectivity index (χ3n) is 7.39. The second kappa shape index (κ2) is 16.7. The molecular weight excluding hydrogens is 710 g/mol. The lowest BCUT2D eigenvalue weighted by molar-refractivity contribution is -0.137. The van der Waals surface area contributed by atoms with E-state index >= 15 is 9.18 Å². The van der Waals surface area contributed by atoms with Crippen molar-refractivity contribution in [2.24, 2.45) is 0 Å². The standard InChI is InChI=1S/C41H40F5N3O3S/c1-27-6-15-36-34(22-27)37(50)23-39(53-26-31-4-3-5-35(42)40(31)43)49(36)25-38(51)48(33-16-18-47(19-17-33)20-21-52-2)24-28-7-9-29(10-8-28)30-11-13-32(14-12-30)41(44,45)46/h3-15,22-23,33H,16-21,24-26H2,1-2H3/i2D3,6D,15D,16D2,17D2,18D2,19D2,20D2,22D,23D,24D2,26D2,33D. The third-order valence-corrected chi connectivity index (χ3v) is 8.23. The van der Waals surface area contributed by atoms with Crippen molar-refractivity contribution in [3.63, 3.8) is 0 Å². The topological polar surface area (TPSA) is 54.8 Å². The summed E-state index contributed by atoms with van der Waals surface area (Å²) in [6, 6.07) is 0.447. The minimum Gasteiger partial charge on any atom is -0.383 e. The van der Waals surface area contributed by atoms with Gasteiger partial charge in [-0.25, -0.2) is 8.78 Å². The highest BCUT2D eigenvalue weighted by Crippen LogP contribution is 2.32. The number of rotatable bonds is 12. The van der Waals surface area contributed by atoms with Crippen LogP contribution in [0.3, 0.4) is 0 Å². The van der Waals surface area contributed by atoms with Gasteiger partial charge in [0.25, 0.3) is 0 Å². The normalized spacial score (nSPS) is 25.7.